The first-order chi connectivity index (χ1) is 24.2. The third-order valence-electron chi connectivity index (χ3n) is 9.18. The second-order valence-electron chi connectivity index (χ2n) is 12.4. The molecule has 3 unspecified atom stereocenters. The molecule has 0 aromatic heterocycles. The topological polar surface area (TPSA) is 215 Å². The Labute approximate surface area is 290 Å². The van der Waals surface area contributed by atoms with Crippen molar-refractivity contribution >= 4 is 30.5 Å². The van der Waals surface area contributed by atoms with Gasteiger partial charge in [0.25, 0.3) is 0 Å². The number of nitrogens with zero attached hydrogens (tertiary/aromatic N) is 1. The first kappa shape index (κ1) is 36.3. The van der Waals surface area contributed by atoms with E-state index in [0.29, 0.717) is 27.9 Å². The number of aliphatic hydroxyl groups is 4. The summed E-state index contributed by atoms with van der Waals surface area (Å²) in [4.78, 5) is 46.3. The molecule has 0 spiro atoms. The van der Waals surface area contributed by atoms with Crippen molar-refractivity contribution in [1.82, 2.24) is 0 Å². The number of ether oxygens (including phenoxy) is 2. The van der Waals surface area contributed by atoms with Crippen LogP contribution in [0.5, 0.6) is 5.75 Å². The van der Waals surface area contributed by atoms with Gasteiger partial charge in [0, 0.05) is 11.3 Å². The number of carbonyl (C=O) groups excluding carboxylic acids is 1. The minimum Gasteiger partial charge on any atom is -0.479 e. The van der Waals surface area contributed by atoms with E-state index >= 15 is 0 Å². The summed E-state index contributed by atoms with van der Waals surface area (Å²) in [6, 6.07) is 23.7. The number of anilines is 1. The normalized spacial score (nSPS) is 25.6. The van der Waals surface area contributed by atoms with E-state index in [2.05, 4.69) is 0 Å². The van der Waals surface area contributed by atoms with E-state index < -0.39 is 68.2 Å². The highest BCUT2D eigenvalue weighted by atomic mass is 31.2. The highest BCUT2D eigenvalue weighted by molar-refractivity contribution is 7.60. The highest BCUT2D eigenvalue weighted by Crippen LogP contribution is 2.50. The van der Waals surface area contributed by atoms with E-state index in [1.807, 2.05) is 0 Å². The van der Waals surface area contributed by atoms with Crippen LogP contribution in [0, 0.1) is 11.7 Å². The summed E-state index contributed by atoms with van der Waals surface area (Å²) < 4.78 is 36.8. The standard InChI is InChI=1S/C36H35FNO12P/c37-22-11-6-20(7-12-22)27(39)17-16-26-29(38(34(26)43)23-4-2-1-3-5-23)25-15-10-21(19-8-13-24(14-9-19)51(46,47)48)18-28(25)49-36-32(42)30(40)31(41)33(50-36)35(44)45/h1-15,18,26-27,29-33,36,39-42H,16-17H2,(H,44,45)(H2,46,47,48)/t26-,27+,29-,30?,31+,32?,33?,36-/m1/s1. The molecule has 6 rings (SSSR count). The van der Waals surface area contributed by atoms with Gasteiger partial charge in [-0.05, 0) is 72.0 Å². The molecule has 2 heterocycles. The van der Waals surface area contributed by atoms with Gasteiger partial charge in [0.1, 0.15) is 29.9 Å². The van der Waals surface area contributed by atoms with Gasteiger partial charge in [-0.15, -0.1) is 0 Å². The van der Waals surface area contributed by atoms with Crippen molar-refractivity contribution in [3.05, 3.63) is 114 Å². The number of carboxylic acid groups (broad SMARTS) is 1. The predicted molar refractivity (Wildman–Crippen MR) is 179 cm³/mol. The van der Waals surface area contributed by atoms with Crippen LogP contribution in [0.3, 0.4) is 0 Å². The van der Waals surface area contributed by atoms with Gasteiger partial charge < -0.3 is 49.7 Å². The van der Waals surface area contributed by atoms with Gasteiger partial charge in [-0.25, -0.2) is 9.18 Å². The summed E-state index contributed by atoms with van der Waals surface area (Å²) in [6.45, 7) is 0. The Morgan fingerprint density at radius 2 is 1.53 bits per heavy atom. The van der Waals surface area contributed by atoms with Gasteiger partial charge in [0.2, 0.25) is 12.2 Å². The smallest absolute Gasteiger partial charge is 0.356 e. The molecule has 0 saturated carbocycles. The second kappa shape index (κ2) is 14.6. The van der Waals surface area contributed by atoms with Crippen molar-refractivity contribution in [3.63, 3.8) is 0 Å². The first-order valence-corrected chi connectivity index (χ1v) is 17.6. The van der Waals surface area contributed by atoms with E-state index in [1.165, 1.54) is 59.5 Å². The van der Waals surface area contributed by atoms with Crippen LogP contribution < -0.4 is 14.9 Å². The van der Waals surface area contributed by atoms with Crippen LogP contribution in [-0.2, 0) is 18.9 Å². The monoisotopic (exact) mass is 723 g/mol. The summed E-state index contributed by atoms with van der Waals surface area (Å²) in [5.74, 6) is -3.05. The second-order valence-corrected chi connectivity index (χ2v) is 14.0. The zero-order valence-electron chi connectivity index (χ0n) is 26.7. The molecule has 0 aliphatic carbocycles. The number of benzene rings is 4. The molecule has 4 aromatic carbocycles. The molecule has 7 N–H and O–H groups in total. The molecule has 2 fully saturated rings. The number of para-hydroxylation sites is 1. The van der Waals surface area contributed by atoms with Gasteiger partial charge in [0.15, 0.2) is 6.10 Å². The van der Waals surface area contributed by atoms with Crippen LogP contribution in [0.4, 0.5) is 10.1 Å². The van der Waals surface area contributed by atoms with E-state index in [-0.39, 0.29) is 29.8 Å². The molecule has 2 saturated heterocycles. The van der Waals surface area contributed by atoms with Crippen LogP contribution >= 0.6 is 7.60 Å². The lowest BCUT2D eigenvalue weighted by Crippen LogP contribution is -2.61. The fourth-order valence-electron chi connectivity index (χ4n) is 6.43. The quantitative estimate of drug-likeness (QED) is 0.0879. The Balaban J connectivity index is 1.40. The van der Waals surface area contributed by atoms with Crippen LogP contribution in [0.25, 0.3) is 11.1 Å². The first-order valence-electron chi connectivity index (χ1n) is 16.0. The molecular formula is C36H35FNO12P. The molecular weight excluding hydrogens is 688 g/mol. The van der Waals surface area contributed by atoms with E-state index in [1.54, 1.807) is 42.5 Å². The van der Waals surface area contributed by atoms with Crippen molar-refractivity contribution in [2.75, 3.05) is 4.90 Å². The molecule has 2 aliphatic rings. The number of hydrogen-bond donors (Lipinski definition) is 7. The number of carbonyl (C=O) groups is 2. The van der Waals surface area contributed by atoms with Crippen LogP contribution in [0.15, 0.2) is 97.1 Å². The molecule has 0 bridgehead atoms. The zero-order valence-corrected chi connectivity index (χ0v) is 27.6. The number of aliphatic hydroxyl groups excluding tert-OH is 4. The molecule has 4 aromatic rings. The lowest BCUT2D eigenvalue weighted by molar-refractivity contribution is -0.271. The molecule has 1 amide bonds. The number of hydrogen-bond acceptors (Lipinski definition) is 9. The third-order valence-corrected chi connectivity index (χ3v) is 10.2. The SMILES string of the molecule is O=C(O)C1O[C@@H](Oc2cc(-c3ccc(P(=O)(O)O)cc3)ccc2[C@@H]2[C@@H](CC[C@H](O)c3ccc(F)cc3)C(=O)N2c2ccccc2)C(O)C(O)[C@@H]1O. The molecule has 2 aliphatic heterocycles. The molecule has 268 valence electrons. The lowest BCUT2D eigenvalue weighted by atomic mass is 9.77. The molecule has 13 nitrogen and oxygen atoms in total. The van der Waals surface area contributed by atoms with Crippen LogP contribution in [0.1, 0.15) is 36.1 Å². The van der Waals surface area contributed by atoms with E-state index in [9.17, 15) is 53.9 Å². The maximum atomic E-state index is 13.8. The third kappa shape index (κ3) is 7.45. The fourth-order valence-corrected chi connectivity index (χ4v) is 6.97. The molecule has 51 heavy (non-hydrogen) atoms. The average molecular weight is 724 g/mol. The largest absolute Gasteiger partial charge is 0.479 e. The Kier molecular flexibility index (Phi) is 10.4. The molecule has 0 radical (unpaired) electrons. The van der Waals surface area contributed by atoms with Gasteiger partial charge in [-0.1, -0.05) is 54.6 Å². The summed E-state index contributed by atoms with van der Waals surface area (Å²) in [5.41, 5.74) is 2.36. The fraction of sp³-hybridized carbons (Fsp3) is 0.278. The average Bonchev–Trinajstić information content (AvgIpc) is 3.11. The summed E-state index contributed by atoms with van der Waals surface area (Å²) in [6.07, 6.45) is -10.3. The number of β-lactam (4-membered cyclic amide) rings is 1. The van der Waals surface area contributed by atoms with Crippen molar-refractivity contribution in [1.29, 1.82) is 0 Å². The number of amides is 1. The van der Waals surface area contributed by atoms with Crippen molar-refractivity contribution in [3.8, 4) is 16.9 Å². The Morgan fingerprint density at radius 1 is 0.882 bits per heavy atom. The summed E-state index contributed by atoms with van der Waals surface area (Å²) in [7, 11) is -4.53. The highest BCUT2D eigenvalue weighted by Gasteiger charge is 2.51. The number of aliphatic carboxylic acids is 1. The molecule has 15 heteroatoms. The molecule has 8 atom stereocenters. The minimum atomic E-state index is -4.53. The number of rotatable bonds is 11. The van der Waals surface area contributed by atoms with Gasteiger partial charge in [-0.2, -0.15) is 0 Å². The van der Waals surface area contributed by atoms with E-state index in [0.717, 1.165) is 0 Å². The Morgan fingerprint density at radius 3 is 2.16 bits per heavy atom. The summed E-state index contributed by atoms with van der Waals surface area (Å²) in [5, 5.41) is 51.8. The van der Waals surface area contributed by atoms with Crippen LogP contribution in [0.2, 0.25) is 0 Å². The number of halogens is 1. The Hall–Kier alpha value is -4.50. The van der Waals surface area contributed by atoms with Gasteiger partial charge in [0.05, 0.1) is 23.4 Å². The van der Waals surface area contributed by atoms with Gasteiger partial charge in [-0.3, -0.25) is 9.36 Å². The maximum Gasteiger partial charge on any atom is 0.356 e. The van der Waals surface area contributed by atoms with Crippen molar-refractivity contribution < 1.29 is 63.3 Å². The van der Waals surface area contributed by atoms with E-state index in [4.69, 9.17) is 9.47 Å². The summed E-state index contributed by atoms with van der Waals surface area (Å²) >= 11 is 0. The van der Waals surface area contributed by atoms with Crippen molar-refractivity contribution in [2.45, 2.75) is 55.7 Å². The Bertz CT molecular complexity index is 1920. The minimum absolute atomic E-state index is 0.00542. The zero-order chi connectivity index (χ0) is 36.6. The van der Waals surface area contributed by atoms with Gasteiger partial charge >= 0.3 is 13.6 Å². The van der Waals surface area contributed by atoms with Crippen LogP contribution in [-0.4, -0.2) is 77.9 Å². The maximum absolute atomic E-state index is 13.8. The lowest BCUT2D eigenvalue weighted by Gasteiger charge is -2.48. The van der Waals surface area contributed by atoms with Crippen molar-refractivity contribution in [2.24, 2.45) is 5.92 Å². The number of carboxylic acids is 1. The predicted octanol–water partition coefficient (Wildman–Crippen LogP) is 2.78.